The number of likely N-dealkylation sites (tertiary alicyclic amines) is 1. The Morgan fingerprint density at radius 2 is 1.95 bits per heavy atom. The summed E-state index contributed by atoms with van der Waals surface area (Å²) in [5.74, 6) is 0.669. The van der Waals surface area contributed by atoms with Crippen LogP contribution in [0.4, 0.5) is 0 Å². The molecule has 1 aliphatic heterocycles. The Balaban J connectivity index is 2.66. The maximum atomic E-state index is 11.5. The number of carboxylic acid groups (broad SMARTS) is 1. The maximum Gasteiger partial charge on any atom is 0.323 e. The highest BCUT2D eigenvalue weighted by atomic mass is 16.4. The molecule has 19 heavy (non-hydrogen) atoms. The first kappa shape index (κ1) is 16.4. The molecule has 0 spiro atoms. The molecule has 1 heterocycles. The highest BCUT2D eigenvalue weighted by molar-refractivity contribution is 5.78. The fourth-order valence-electron chi connectivity index (χ4n) is 3.42. The first-order valence-electron chi connectivity index (χ1n) is 7.51. The molecule has 112 valence electrons. The predicted octanol–water partition coefficient (Wildman–Crippen LogP) is 2.20. The summed E-state index contributed by atoms with van der Waals surface area (Å²) in [7, 11) is 0. The first-order chi connectivity index (χ1) is 8.78. The van der Waals surface area contributed by atoms with E-state index in [1.165, 1.54) is 6.42 Å². The van der Waals surface area contributed by atoms with Crippen LogP contribution < -0.4 is 5.32 Å². The number of carbonyl (C=O) groups is 1. The van der Waals surface area contributed by atoms with Crippen molar-refractivity contribution in [2.45, 2.75) is 59.0 Å². The normalized spacial score (nSPS) is 29.7. The molecule has 4 unspecified atom stereocenters. The lowest BCUT2D eigenvalue weighted by molar-refractivity contribution is -0.145. The number of nitrogens with zero attached hydrogens (tertiary/aromatic N) is 1. The Hall–Kier alpha value is -0.610. The summed E-state index contributed by atoms with van der Waals surface area (Å²) in [4.78, 5) is 13.9. The van der Waals surface area contributed by atoms with Crippen LogP contribution in [0.25, 0.3) is 0 Å². The second-order valence-electron chi connectivity index (χ2n) is 6.62. The monoisotopic (exact) mass is 270 g/mol. The summed E-state index contributed by atoms with van der Waals surface area (Å²) < 4.78 is 0. The molecule has 1 fully saturated rings. The summed E-state index contributed by atoms with van der Waals surface area (Å²) in [6.45, 7) is 13.3. The average molecular weight is 270 g/mol. The second kappa shape index (κ2) is 6.71. The third kappa shape index (κ3) is 4.46. The van der Waals surface area contributed by atoms with Crippen molar-refractivity contribution in [1.29, 1.82) is 0 Å². The fraction of sp³-hybridized carbons (Fsp3) is 0.933. The van der Waals surface area contributed by atoms with Gasteiger partial charge in [-0.2, -0.15) is 0 Å². The van der Waals surface area contributed by atoms with E-state index in [2.05, 4.69) is 31.0 Å². The largest absolute Gasteiger partial charge is 0.480 e. The van der Waals surface area contributed by atoms with Gasteiger partial charge in [0.2, 0.25) is 0 Å². The van der Waals surface area contributed by atoms with E-state index in [4.69, 9.17) is 0 Å². The Morgan fingerprint density at radius 1 is 1.42 bits per heavy atom. The number of hydrogen-bond donors (Lipinski definition) is 2. The zero-order chi connectivity index (χ0) is 14.6. The van der Waals surface area contributed by atoms with E-state index in [1.807, 2.05) is 6.92 Å². The third-order valence-corrected chi connectivity index (χ3v) is 4.26. The van der Waals surface area contributed by atoms with Crippen molar-refractivity contribution in [1.82, 2.24) is 10.2 Å². The van der Waals surface area contributed by atoms with Gasteiger partial charge in [-0.25, -0.2) is 0 Å². The SMILES string of the molecule is CCNC(C)(CC(C)N1CC(C)CC(C)C1)C(=O)O. The summed E-state index contributed by atoms with van der Waals surface area (Å²) >= 11 is 0. The van der Waals surface area contributed by atoms with E-state index in [-0.39, 0.29) is 0 Å². The van der Waals surface area contributed by atoms with Gasteiger partial charge >= 0.3 is 5.97 Å². The number of rotatable bonds is 6. The molecule has 1 saturated heterocycles. The molecule has 0 aromatic carbocycles. The number of hydrogen-bond acceptors (Lipinski definition) is 3. The highest BCUT2D eigenvalue weighted by Gasteiger charge is 2.36. The minimum absolute atomic E-state index is 0.297. The Labute approximate surface area is 117 Å². The lowest BCUT2D eigenvalue weighted by Gasteiger charge is -2.41. The zero-order valence-corrected chi connectivity index (χ0v) is 13.1. The van der Waals surface area contributed by atoms with E-state index in [1.54, 1.807) is 6.92 Å². The summed E-state index contributed by atoms with van der Waals surface area (Å²) in [5.41, 5.74) is -0.821. The molecular formula is C15H30N2O2. The minimum atomic E-state index is -0.821. The smallest absolute Gasteiger partial charge is 0.323 e. The van der Waals surface area contributed by atoms with Crippen LogP contribution in [-0.2, 0) is 4.79 Å². The molecule has 0 bridgehead atoms. The van der Waals surface area contributed by atoms with Crippen LogP contribution in [-0.4, -0.2) is 47.2 Å². The molecule has 1 aliphatic rings. The molecule has 4 nitrogen and oxygen atoms in total. The lowest BCUT2D eigenvalue weighted by Crippen LogP contribution is -2.54. The van der Waals surface area contributed by atoms with Gasteiger partial charge in [0.25, 0.3) is 0 Å². The van der Waals surface area contributed by atoms with Crippen LogP contribution in [0.5, 0.6) is 0 Å². The van der Waals surface area contributed by atoms with Gasteiger partial charge in [-0.3, -0.25) is 4.79 Å². The van der Waals surface area contributed by atoms with Crippen molar-refractivity contribution in [2.75, 3.05) is 19.6 Å². The predicted molar refractivity (Wildman–Crippen MR) is 78.3 cm³/mol. The van der Waals surface area contributed by atoms with Crippen LogP contribution >= 0.6 is 0 Å². The Bertz CT molecular complexity index is 299. The standard InChI is InChI=1S/C15H30N2O2/c1-6-16-15(5,14(18)19)8-13(4)17-9-11(2)7-12(3)10-17/h11-13,16H,6-10H2,1-5H3,(H,18,19). The quantitative estimate of drug-likeness (QED) is 0.777. The van der Waals surface area contributed by atoms with Crippen LogP contribution in [0.3, 0.4) is 0 Å². The third-order valence-electron chi connectivity index (χ3n) is 4.26. The summed E-state index contributed by atoms with van der Waals surface area (Å²) in [6.07, 6.45) is 1.93. The van der Waals surface area contributed by atoms with E-state index in [0.717, 1.165) is 13.1 Å². The molecule has 0 saturated carbocycles. The van der Waals surface area contributed by atoms with Gasteiger partial charge in [0, 0.05) is 19.1 Å². The van der Waals surface area contributed by atoms with Crippen molar-refractivity contribution >= 4 is 5.97 Å². The minimum Gasteiger partial charge on any atom is -0.480 e. The van der Waals surface area contributed by atoms with Gasteiger partial charge in [-0.05, 0) is 45.1 Å². The molecule has 4 heteroatoms. The van der Waals surface area contributed by atoms with Gasteiger partial charge in [0.15, 0.2) is 0 Å². The number of carboxylic acids is 1. The van der Waals surface area contributed by atoms with Crippen LogP contribution in [0.2, 0.25) is 0 Å². The molecule has 4 atom stereocenters. The van der Waals surface area contributed by atoms with Crippen LogP contribution in [0, 0.1) is 11.8 Å². The summed E-state index contributed by atoms with van der Waals surface area (Å²) in [5, 5.41) is 12.6. The number of nitrogens with one attached hydrogen (secondary N) is 1. The molecule has 0 aliphatic carbocycles. The first-order valence-corrected chi connectivity index (χ1v) is 7.51. The Kier molecular flexibility index (Phi) is 5.81. The van der Waals surface area contributed by atoms with E-state index < -0.39 is 11.5 Å². The molecule has 2 N–H and O–H groups in total. The number of likely N-dealkylation sites (N-methyl/N-ethyl adjacent to an activating group) is 1. The molecule has 0 amide bonds. The van der Waals surface area contributed by atoms with Crippen molar-refractivity contribution < 1.29 is 9.90 Å². The highest BCUT2D eigenvalue weighted by Crippen LogP contribution is 2.25. The van der Waals surface area contributed by atoms with Gasteiger partial charge in [0.05, 0.1) is 0 Å². The van der Waals surface area contributed by atoms with Gasteiger partial charge in [-0.15, -0.1) is 0 Å². The maximum absolute atomic E-state index is 11.5. The second-order valence-corrected chi connectivity index (χ2v) is 6.62. The molecular weight excluding hydrogens is 240 g/mol. The van der Waals surface area contributed by atoms with E-state index in [0.29, 0.717) is 30.8 Å². The zero-order valence-electron chi connectivity index (χ0n) is 13.1. The van der Waals surface area contributed by atoms with Crippen molar-refractivity contribution in [3.8, 4) is 0 Å². The molecule has 0 radical (unpaired) electrons. The number of aliphatic carboxylic acids is 1. The van der Waals surface area contributed by atoms with E-state index in [9.17, 15) is 9.90 Å². The molecule has 0 aromatic heterocycles. The fourth-order valence-corrected chi connectivity index (χ4v) is 3.42. The van der Waals surface area contributed by atoms with Crippen molar-refractivity contribution in [2.24, 2.45) is 11.8 Å². The molecule has 0 aromatic rings. The number of piperidine rings is 1. The van der Waals surface area contributed by atoms with Crippen molar-refractivity contribution in [3.63, 3.8) is 0 Å². The van der Waals surface area contributed by atoms with Crippen LogP contribution in [0.15, 0.2) is 0 Å². The van der Waals surface area contributed by atoms with Gasteiger partial charge in [-0.1, -0.05) is 20.8 Å². The summed E-state index contributed by atoms with van der Waals surface area (Å²) in [6, 6.07) is 0.297. The van der Waals surface area contributed by atoms with Crippen molar-refractivity contribution in [3.05, 3.63) is 0 Å². The van der Waals surface area contributed by atoms with Gasteiger partial charge in [0.1, 0.15) is 5.54 Å². The van der Waals surface area contributed by atoms with E-state index >= 15 is 0 Å². The van der Waals surface area contributed by atoms with Crippen LogP contribution in [0.1, 0.15) is 47.5 Å². The average Bonchev–Trinajstić information content (AvgIpc) is 2.27. The molecule has 1 rings (SSSR count). The Morgan fingerprint density at radius 3 is 2.37 bits per heavy atom. The van der Waals surface area contributed by atoms with Gasteiger partial charge < -0.3 is 15.3 Å². The lowest BCUT2D eigenvalue weighted by atomic mass is 9.87. The topological polar surface area (TPSA) is 52.6 Å².